The van der Waals surface area contributed by atoms with Crippen molar-refractivity contribution in [3.8, 4) is 0 Å². The first kappa shape index (κ1) is 21.5. The number of ether oxygens (including phenoxy) is 1. The average Bonchev–Trinajstić information content (AvgIpc) is 3.11. The fourth-order valence-corrected chi connectivity index (χ4v) is 2.87. The lowest BCUT2D eigenvalue weighted by Gasteiger charge is -2.16. The topological polar surface area (TPSA) is 111 Å². The van der Waals surface area contributed by atoms with Crippen LogP contribution >= 0.6 is 0 Å². The van der Waals surface area contributed by atoms with Gasteiger partial charge in [-0.1, -0.05) is 12.8 Å². The minimum atomic E-state index is -4.74. The molecule has 1 saturated carbocycles. The predicted octanol–water partition coefficient (Wildman–Crippen LogP) is 3.02. The van der Waals surface area contributed by atoms with Gasteiger partial charge in [0.05, 0.1) is 10.5 Å². The van der Waals surface area contributed by atoms with Gasteiger partial charge in [-0.2, -0.15) is 13.2 Å². The first-order chi connectivity index (χ1) is 13.1. The van der Waals surface area contributed by atoms with Gasteiger partial charge >= 0.3 is 12.1 Å². The molecule has 1 aromatic carbocycles. The highest BCUT2D eigenvalue weighted by molar-refractivity contribution is 5.84. The van der Waals surface area contributed by atoms with Gasteiger partial charge in [0.15, 0.2) is 6.61 Å². The molecule has 0 bridgehead atoms. The predicted molar refractivity (Wildman–Crippen MR) is 92.5 cm³/mol. The van der Waals surface area contributed by atoms with Gasteiger partial charge in [-0.3, -0.25) is 14.9 Å². The lowest BCUT2D eigenvalue weighted by Crippen LogP contribution is -2.37. The third-order valence-corrected chi connectivity index (χ3v) is 4.31. The molecule has 1 aliphatic rings. The van der Waals surface area contributed by atoms with Crippen LogP contribution < -0.4 is 10.6 Å². The summed E-state index contributed by atoms with van der Waals surface area (Å²) in [4.78, 5) is 33.8. The number of nitrogens with zero attached hydrogens (tertiary/aromatic N) is 1. The van der Waals surface area contributed by atoms with Crippen LogP contribution in [0.2, 0.25) is 0 Å². The highest BCUT2D eigenvalue weighted by Gasteiger charge is 2.33. The fraction of sp³-hybridized carbons (Fsp3) is 0.529. The number of alkyl halides is 3. The highest BCUT2D eigenvalue weighted by atomic mass is 19.4. The molecule has 1 fully saturated rings. The molecule has 11 heteroatoms. The standard InChI is InChI=1S/C17H20F3N3O5/c1-10(16(25)28-9-15(24)22-12-4-2-3-5-12)21-13-7-6-11(17(18,19)20)8-14(13)23(26)27/h6-8,10,12,21H,2-5,9H2,1H3,(H,22,24). The molecule has 1 aromatic rings. The molecule has 0 heterocycles. The zero-order valence-electron chi connectivity index (χ0n) is 15.0. The van der Waals surface area contributed by atoms with Crippen molar-refractivity contribution in [1.82, 2.24) is 5.32 Å². The molecule has 2 N–H and O–H groups in total. The summed E-state index contributed by atoms with van der Waals surface area (Å²) in [6.07, 6.45) is -0.944. The van der Waals surface area contributed by atoms with E-state index in [9.17, 15) is 32.9 Å². The van der Waals surface area contributed by atoms with E-state index in [2.05, 4.69) is 10.6 Å². The normalized spacial score (nSPS) is 15.7. The molecular formula is C17H20F3N3O5. The Kier molecular flexibility index (Phi) is 6.81. The number of carbonyl (C=O) groups is 2. The molecule has 0 saturated heterocycles. The molecule has 2 rings (SSSR count). The molecule has 8 nitrogen and oxygen atoms in total. The summed E-state index contributed by atoms with van der Waals surface area (Å²) < 4.78 is 43.0. The Morgan fingerprint density at radius 3 is 2.54 bits per heavy atom. The molecule has 0 aliphatic heterocycles. The van der Waals surface area contributed by atoms with Crippen LogP contribution in [0.1, 0.15) is 38.2 Å². The zero-order valence-corrected chi connectivity index (χ0v) is 15.0. The van der Waals surface area contributed by atoms with Crippen LogP contribution in [0.15, 0.2) is 18.2 Å². The Bertz CT molecular complexity index is 748. The Morgan fingerprint density at radius 2 is 1.96 bits per heavy atom. The second-order valence-corrected chi connectivity index (χ2v) is 6.51. The van der Waals surface area contributed by atoms with E-state index in [-0.39, 0.29) is 11.7 Å². The molecule has 154 valence electrons. The molecular weight excluding hydrogens is 383 g/mol. The summed E-state index contributed by atoms with van der Waals surface area (Å²) in [6.45, 7) is 0.815. The van der Waals surface area contributed by atoms with Crippen LogP contribution in [0, 0.1) is 10.1 Å². The van der Waals surface area contributed by atoms with Crippen molar-refractivity contribution in [1.29, 1.82) is 0 Å². The Balaban J connectivity index is 1.95. The Hall–Kier alpha value is -2.85. The number of nitrogens with one attached hydrogen (secondary N) is 2. The van der Waals surface area contributed by atoms with Crippen LogP contribution in [0.5, 0.6) is 0 Å². The molecule has 1 amide bonds. The maximum absolute atomic E-state index is 12.7. The monoisotopic (exact) mass is 403 g/mol. The van der Waals surface area contributed by atoms with Gasteiger partial charge in [0.2, 0.25) is 0 Å². The van der Waals surface area contributed by atoms with E-state index in [1.807, 2.05) is 0 Å². The van der Waals surface area contributed by atoms with Crippen molar-refractivity contribution >= 4 is 23.3 Å². The van der Waals surface area contributed by atoms with E-state index in [0.29, 0.717) is 12.1 Å². The van der Waals surface area contributed by atoms with Gasteiger partial charge in [-0.25, -0.2) is 4.79 Å². The summed E-state index contributed by atoms with van der Waals surface area (Å²) in [5.74, 6) is -1.32. The number of hydrogen-bond acceptors (Lipinski definition) is 6. The number of nitro groups is 1. The third-order valence-electron chi connectivity index (χ3n) is 4.31. The SMILES string of the molecule is CC(Nc1ccc(C(F)(F)F)cc1[N+](=O)[O-])C(=O)OCC(=O)NC1CCCC1. The molecule has 1 atom stereocenters. The maximum atomic E-state index is 12.7. The van der Waals surface area contributed by atoms with Crippen LogP contribution in [0.3, 0.4) is 0 Å². The first-order valence-corrected chi connectivity index (χ1v) is 8.66. The number of esters is 1. The van der Waals surface area contributed by atoms with Crippen LogP contribution in [-0.2, 0) is 20.5 Å². The number of benzene rings is 1. The van der Waals surface area contributed by atoms with Crippen LogP contribution in [-0.4, -0.2) is 35.5 Å². The first-order valence-electron chi connectivity index (χ1n) is 8.66. The van der Waals surface area contributed by atoms with Crippen molar-refractivity contribution in [2.75, 3.05) is 11.9 Å². The van der Waals surface area contributed by atoms with E-state index in [0.717, 1.165) is 31.7 Å². The Morgan fingerprint density at radius 1 is 1.32 bits per heavy atom. The number of amides is 1. The second-order valence-electron chi connectivity index (χ2n) is 6.51. The number of hydrogen-bond donors (Lipinski definition) is 2. The zero-order chi connectivity index (χ0) is 20.9. The van der Waals surface area contributed by atoms with Crippen molar-refractivity contribution < 1.29 is 32.4 Å². The highest BCUT2D eigenvalue weighted by Crippen LogP contribution is 2.35. The van der Waals surface area contributed by atoms with Gasteiger partial charge in [0, 0.05) is 12.1 Å². The van der Waals surface area contributed by atoms with Gasteiger partial charge in [-0.15, -0.1) is 0 Å². The average molecular weight is 403 g/mol. The maximum Gasteiger partial charge on any atom is 0.416 e. The van der Waals surface area contributed by atoms with Gasteiger partial charge in [0.1, 0.15) is 11.7 Å². The quantitative estimate of drug-likeness (QED) is 0.411. The third kappa shape index (κ3) is 5.83. The fourth-order valence-electron chi connectivity index (χ4n) is 2.87. The number of anilines is 1. The minimum absolute atomic E-state index is 0.0662. The lowest BCUT2D eigenvalue weighted by atomic mass is 10.1. The van der Waals surface area contributed by atoms with E-state index < -0.39 is 46.9 Å². The minimum Gasteiger partial charge on any atom is -0.454 e. The van der Waals surface area contributed by atoms with Crippen molar-refractivity contribution in [2.45, 2.75) is 50.9 Å². The summed E-state index contributed by atoms with van der Waals surface area (Å²) in [7, 11) is 0. The summed E-state index contributed by atoms with van der Waals surface area (Å²) in [6, 6.07) is 0.876. The van der Waals surface area contributed by atoms with Gasteiger partial charge in [-0.05, 0) is 31.9 Å². The van der Waals surface area contributed by atoms with Crippen LogP contribution in [0.4, 0.5) is 24.5 Å². The van der Waals surface area contributed by atoms with E-state index in [4.69, 9.17) is 4.74 Å². The lowest BCUT2D eigenvalue weighted by molar-refractivity contribution is -0.384. The number of nitro benzene ring substituents is 1. The molecule has 1 aliphatic carbocycles. The second kappa shape index (κ2) is 8.89. The van der Waals surface area contributed by atoms with E-state index in [1.165, 1.54) is 6.92 Å². The largest absolute Gasteiger partial charge is 0.454 e. The van der Waals surface area contributed by atoms with Crippen molar-refractivity contribution in [3.63, 3.8) is 0 Å². The molecule has 0 radical (unpaired) electrons. The number of carbonyl (C=O) groups excluding carboxylic acids is 2. The number of halogens is 3. The summed E-state index contributed by atoms with van der Waals surface area (Å²) in [5.41, 5.74) is -2.27. The summed E-state index contributed by atoms with van der Waals surface area (Å²) >= 11 is 0. The van der Waals surface area contributed by atoms with E-state index in [1.54, 1.807) is 0 Å². The van der Waals surface area contributed by atoms with E-state index >= 15 is 0 Å². The summed E-state index contributed by atoms with van der Waals surface area (Å²) in [5, 5.41) is 16.2. The van der Waals surface area contributed by atoms with Crippen molar-refractivity contribution in [2.24, 2.45) is 0 Å². The molecule has 0 aromatic heterocycles. The van der Waals surface area contributed by atoms with Crippen molar-refractivity contribution in [3.05, 3.63) is 33.9 Å². The molecule has 28 heavy (non-hydrogen) atoms. The van der Waals surface area contributed by atoms with Gasteiger partial charge in [0.25, 0.3) is 11.6 Å². The Labute approximate surface area is 158 Å². The number of rotatable bonds is 7. The van der Waals surface area contributed by atoms with Crippen LogP contribution in [0.25, 0.3) is 0 Å². The molecule has 1 unspecified atom stereocenters. The van der Waals surface area contributed by atoms with Gasteiger partial charge < -0.3 is 15.4 Å². The molecule has 0 spiro atoms. The smallest absolute Gasteiger partial charge is 0.416 e.